The number of aromatic nitrogens is 1. The number of pyridine rings is 1. The molecule has 102 valence electrons. The van der Waals surface area contributed by atoms with E-state index in [0.717, 1.165) is 5.75 Å². The summed E-state index contributed by atoms with van der Waals surface area (Å²) in [5.74, 6) is 1.54. The Hall–Kier alpha value is -2.54. The van der Waals surface area contributed by atoms with Crippen molar-refractivity contribution in [1.29, 1.82) is 5.26 Å². The van der Waals surface area contributed by atoms with E-state index in [1.165, 1.54) is 5.56 Å². The second-order valence-corrected chi connectivity index (χ2v) is 4.69. The monoisotopic (exact) mass is 267 g/mol. The highest BCUT2D eigenvalue weighted by Crippen LogP contribution is 2.13. The van der Waals surface area contributed by atoms with Crippen molar-refractivity contribution in [2.75, 3.05) is 11.9 Å². The number of nitrogens with one attached hydrogen (secondary N) is 1. The van der Waals surface area contributed by atoms with Gasteiger partial charge in [0.05, 0.1) is 6.04 Å². The minimum absolute atomic E-state index is 0.0944. The van der Waals surface area contributed by atoms with Crippen LogP contribution in [0.15, 0.2) is 42.5 Å². The maximum Gasteiger partial charge on any atom is 0.142 e. The van der Waals surface area contributed by atoms with Gasteiger partial charge in [0.2, 0.25) is 0 Å². The van der Waals surface area contributed by atoms with Crippen molar-refractivity contribution < 1.29 is 4.74 Å². The molecule has 0 fully saturated rings. The normalized spacial score (nSPS) is 11.4. The summed E-state index contributed by atoms with van der Waals surface area (Å²) < 4.78 is 5.72. The van der Waals surface area contributed by atoms with Gasteiger partial charge in [0, 0.05) is 0 Å². The number of rotatable bonds is 5. The van der Waals surface area contributed by atoms with Gasteiger partial charge >= 0.3 is 0 Å². The molecule has 0 spiro atoms. The number of nitriles is 1. The van der Waals surface area contributed by atoms with Crippen molar-refractivity contribution in [1.82, 2.24) is 4.98 Å². The largest absolute Gasteiger partial charge is 0.491 e. The van der Waals surface area contributed by atoms with E-state index >= 15 is 0 Å². The molecule has 2 aromatic rings. The number of hydrogen-bond acceptors (Lipinski definition) is 4. The lowest BCUT2D eigenvalue weighted by Crippen LogP contribution is -2.24. The van der Waals surface area contributed by atoms with Gasteiger partial charge in [-0.05, 0) is 43.7 Å². The zero-order valence-electron chi connectivity index (χ0n) is 11.6. The summed E-state index contributed by atoms with van der Waals surface area (Å²) in [6.45, 7) is 4.57. The molecule has 1 unspecified atom stereocenters. The lowest BCUT2D eigenvalue weighted by molar-refractivity contribution is 0.303. The summed E-state index contributed by atoms with van der Waals surface area (Å²) in [5, 5.41) is 12.0. The van der Waals surface area contributed by atoms with E-state index in [-0.39, 0.29) is 6.04 Å². The molecule has 1 N–H and O–H groups in total. The molecule has 4 heteroatoms. The first-order chi connectivity index (χ1) is 9.67. The lowest BCUT2D eigenvalue weighted by Gasteiger charge is -2.15. The molecule has 1 aromatic carbocycles. The van der Waals surface area contributed by atoms with Crippen LogP contribution in [0.2, 0.25) is 0 Å². The Bertz CT molecular complexity index is 619. The molecule has 1 aromatic heterocycles. The van der Waals surface area contributed by atoms with Crippen LogP contribution in [0.5, 0.6) is 5.75 Å². The van der Waals surface area contributed by atoms with Gasteiger partial charge in [-0.3, -0.25) is 0 Å². The summed E-state index contributed by atoms with van der Waals surface area (Å²) in [6.07, 6.45) is 0. The molecule has 1 atom stereocenters. The predicted molar refractivity (Wildman–Crippen MR) is 78.7 cm³/mol. The van der Waals surface area contributed by atoms with E-state index in [1.807, 2.05) is 56.3 Å². The quantitative estimate of drug-likeness (QED) is 0.904. The van der Waals surface area contributed by atoms with Crippen molar-refractivity contribution >= 4 is 5.82 Å². The van der Waals surface area contributed by atoms with Gasteiger partial charge in [0.15, 0.2) is 0 Å². The summed E-state index contributed by atoms with van der Waals surface area (Å²) >= 11 is 0. The topological polar surface area (TPSA) is 57.9 Å². The highest BCUT2D eigenvalue weighted by Gasteiger charge is 2.05. The molecule has 2 rings (SSSR count). The molecule has 20 heavy (non-hydrogen) atoms. The molecule has 0 radical (unpaired) electrons. The van der Waals surface area contributed by atoms with Crippen LogP contribution in [0.1, 0.15) is 18.2 Å². The number of benzene rings is 1. The van der Waals surface area contributed by atoms with Crippen molar-refractivity contribution in [3.8, 4) is 11.8 Å². The summed E-state index contributed by atoms with van der Waals surface area (Å²) in [4.78, 5) is 4.17. The Balaban J connectivity index is 1.89. The Morgan fingerprint density at radius 3 is 2.85 bits per heavy atom. The fourth-order valence-electron chi connectivity index (χ4n) is 1.80. The molecular formula is C16H17N3O. The van der Waals surface area contributed by atoms with Gasteiger partial charge in [-0.1, -0.05) is 18.2 Å². The van der Waals surface area contributed by atoms with E-state index in [9.17, 15) is 0 Å². The van der Waals surface area contributed by atoms with Crippen molar-refractivity contribution in [2.24, 2.45) is 0 Å². The van der Waals surface area contributed by atoms with Crippen molar-refractivity contribution in [2.45, 2.75) is 19.9 Å². The third kappa shape index (κ3) is 3.99. The molecule has 1 heterocycles. The Kier molecular flexibility index (Phi) is 4.56. The number of hydrogen-bond donors (Lipinski definition) is 1. The molecule has 0 saturated heterocycles. The highest BCUT2D eigenvalue weighted by atomic mass is 16.5. The summed E-state index contributed by atoms with van der Waals surface area (Å²) in [6, 6.07) is 15.4. The summed E-state index contributed by atoms with van der Waals surface area (Å²) in [5.41, 5.74) is 1.58. The zero-order chi connectivity index (χ0) is 14.4. The molecule has 0 bridgehead atoms. The number of nitrogens with zero attached hydrogens (tertiary/aromatic N) is 2. The predicted octanol–water partition coefficient (Wildman–Crippen LogP) is 3.14. The van der Waals surface area contributed by atoms with Crippen LogP contribution in [0.4, 0.5) is 5.82 Å². The second-order valence-electron chi connectivity index (χ2n) is 4.69. The number of anilines is 1. The Labute approximate surface area is 119 Å². The molecular weight excluding hydrogens is 250 g/mol. The first-order valence-corrected chi connectivity index (χ1v) is 6.50. The molecule has 0 saturated carbocycles. The van der Waals surface area contributed by atoms with Crippen LogP contribution in [-0.4, -0.2) is 17.6 Å². The van der Waals surface area contributed by atoms with Crippen LogP contribution >= 0.6 is 0 Å². The van der Waals surface area contributed by atoms with E-state index in [2.05, 4.69) is 10.3 Å². The fraction of sp³-hybridized carbons (Fsp3) is 0.250. The fourth-order valence-corrected chi connectivity index (χ4v) is 1.80. The maximum absolute atomic E-state index is 8.81. The smallest absolute Gasteiger partial charge is 0.142 e. The van der Waals surface area contributed by atoms with E-state index in [0.29, 0.717) is 18.1 Å². The van der Waals surface area contributed by atoms with E-state index in [4.69, 9.17) is 10.00 Å². The van der Waals surface area contributed by atoms with Crippen LogP contribution < -0.4 is 10.1 Å². The Morgan fingerprint density at radius 1 is 1.30 bits per heavy atom. The molecule has 0 amide bonds. The Morgan fingerprint density at radius 2 is 2.10 bits per heavy atom. The standard InChI is InChI=1S/C16H17N3O/c1-12-5-3-7-15(9-12)20-11-13(2)18-16-8-4-6-14(10-17)19-16/h3-9,13H,11H2,1-2H3,(H,18,19). The number of aryl methyl sites for hydroxylation is 1. The minimum atomic E-state index is 0.0944. The molecule has 4 nitrogen and oxygen atoms in total. The summed E-state index contributed by atoms with van der Waals surface area (Å²) in [7, 11) is 0. The maximum atomic E-state index is 8.81. The second kappa shape index (κ2) is 6.58. The molecule has 0 aliphatic heterocycles. The van der Waals surface area contributed by atoms with Crippen molar-refractivity contribution in [3.05, 3.63) is 53.7 Å². The molecule has 0 aliphatic carbocycles. The van der Waals surface area contributed by atoms with Gasteiger partial charge in [0.1, 0.15) is 29.9 Å². The third-order valence-electron chi connectivity index (χ3n) is 2.75. The zero-order valence-corrected chi connectivity index (χ0v) is 11.6. The van der Waals surface area contributed by atoms with E-state index in [1.54, 1.807) is 6.07 Å². The van der Waals surface area contributed by atoms with Crippen molar-refractivity contribution in [3.63, 3.8) is 0 Å². The van der Waals surface area contributed by atoms with E-state index < -0.39 is 0 Å². The minimum Gasteiger partial charge on any atom is -0.491 e. The van der Waals surface area contributed by atoms with Crippen LogP contribution in [0, 0.1) is 18.3 Å². The lowest BCUT2D eigenvalue weighted by atomic mass is 10.2. The van der Waals surface area contributed by atoms with Gasteiger partial charge in [-0.15, -0.1) is 0 Å². The first kappa shape index (κ1) is 13.9. The highest BCUT2D eigenvalue weighted by molar-refractivity contribution is 5.39. The van der Waals surface area contributed by atoms with Gasteiger partial charge in [-0.25, -0.2) is 4.98 Å². The van der Waals surface area contributed by atoms with Gasteiger partial charge in [0.25, 0.3) is 0 Å². The first-order valence-electron chi connectivity index (χ1n) is 6.50. The number of ether oxygens (including phenoxy) is 1. The van der Waals surface area contributed by atoms with Crippen LogP contribution in [-0.2, 0) is 0 Å². The van der Waals surface area contributed by atoms with Crippen LogP contribution in [0.25, 0.3) is 0 Å². The van der Waals surface area contributed by atoms with Gasteiger partial charge < -0.3 is 10.1 Å². The van der Waals surface area contributed by atoms with Gasteiger partial charge in [-0.2, -0.15) is 5.26 Å². The third-order valence-corrected chi connectivity index (χ3v) is 2.75. The molecule has 0 aliphatic rings. The average molecular weight is 267 g/mol. The average Bonchev–Trinajstić information content (AvgIpc) is 2.45. The van der Waals surface area contributed by atoms with Crippen LogP contribution in [0.3, 0.4) is 0 Å². The SMILES string of the molecule is Cc1cccc(OCC(C)Nc2cccc(C#N)n2)c1.